The maximum Gasteiger partial charge on any atom is 0.138 e. The molecular weight excluding hydrogens is 238 g/mol. The fraction of sp³-hybridized carbons (Fsp3) is 0.125. The molecule has 3 nitrogen and oxygen atoms in total. The molecule has 0 amide bonds. The van der Waals surface area contributed by atoms with E-state index in [0.717, 1.165) is 33.6 Å². The molecule has 3 heteroatoms. The van der Waals surface area contributed by atoms with Gasteiger partial charge in [0.25, 0.3) is 0 Å². The third kappa shape index (κ3) is 2.20. The van der Waals surface area contributed by atoms with Crippen LogP contribution in [0.5, 0.6) is 5.75 Å². The molecule has 0 aliphatic heterocycles. The topological polar surface area (TPSA) is 48.4 Å². The molecule has 3 rings (SSSR count). The van der Waals surface area contributed by atoms with Crippen LogP contribution in [0.15, 0.2) is 52.9 Å². The minimum absolute atomic E-state index is 0.553. The van der Waals surface area contributed by atoms with Crippen LogP contribution in [0.3, 0.4) is 0 Å². The standard InChI is InChI=1S/C16H15NO2/c1-18-14-7-6-13-8-15(19-16(13)9-14)12-4-2-11(10-17)3-5-12/h2-9H,10,17H2,1H3. The van der Waals surface area contributed by atoms with E-state index in [9.17, 15) is 0 Å². The summed E-state index contributed by atoms with van der Waals surface area (Å²) in [6.07, 6.45) is 0. The van der Waals surface area contributed by atoms with Crippen LogP contribution in [0.2, 0.25) is 0 Å². The molecule has 2 N–H and O–H groups in total. The first-order valence-corrected chi connectivity index (χ1v) is 6.17. The monoisotopic (exact) mass is 253 g/mol. The van der Waals surface area contributed by atoms with Crippen molar-refractivity contribution >= 4 is 11.0 Å². The summed E-state index contributed by atoms with van der Waals surface area (Å²) in [5, 5.41) is 1.07. The van der Waals surface area contributed by atoms with E-state index in [1.54, 1.807) is 7.11 Å². The van der Waals surface area contributed by atoms with Crippen LogP contribution in [-0.2, 0) is 6.54 Å². The zero-order valence-electron chi connectivity index (χ0n) is 10.7. The molecule has 0 atom stereocenters. The van der Waals surface area contributed by atoms with Gasteiger partial charge < -0.3 is 14.9 Å². The highest BCUT2D eigenvalue weighted by atomic mass is 16.5. The predicted octanol–water partition coefficient (Wildman–Crippen LogP) is 3.57. The van der Waals surface area contributed by atoms with Gasteiger partial charge in [-0.1, -0.05) is 24.3 Å². The van der Waals surface area contributed by atoms with E-state index in [2.05, 4.69) is 0 Å². The van der Waals surface area contributed by atoms with E-state index in [1.165, 1.54) is 0 Å². The van der Waals surface area contributed by atoms with Crippen LogP contribution in [0.4, 0.5) is 0 Å². The second-order valence-corrected chi connectivity index (χ2v) is 4.42. The molecule has 0 unspecified atom stereocenters. The Morgan fingerprint density at radius 1 is 1.05 bits per heavy atom. The average molecular weight is 253 g/mol. The van der Waals surface area contributed by atoms with Gasteiger partial charge in [0.2, 0.25) is 0 Å². The van der Waals surface area contributed by atoms with Crippen molar-refractivity contribution in [2.75, 3.05) is 7.11 Å². The van der Waals surface area contributed by atoms with Crippen LogP contribution >= 0.6 is 0 Å². The molecule has 0 radical (unpaired) electrons. The maximum atomic E-state index is 5.86. The second-order valence-electron chi connectivity index (χ2n) is 4.42. The molecule has 0 saturated heterocycles. The quantitative estimate of drug-likeness (QED) is 0.776. The number of ether oxygens (including phenoxy) is 1. The smallest absolute Gasteiger partial charge is 0.138 e. The molecule has 19 heavy (non-hydrogen) atoms. The van der Waals surface area contributed by atoms with Crippen molar-refractivity contribution in [3.8, 4) is 17.1 Å². The lowest BCUT2D eigenvalue weighted by Gasteiger charge is -1.99. The number of rotatable bonds is 3. The molecule has 3 aromatic rings. The Kier molecular flexibility index (Phi) is 2.97. The zero-order chi connectivity index (χ0) is 13.2. The summed E-state index contributed by atoms with van der Waals surface area (Å²) >= 11 is 0. The van der Waals surface area contributed by atoms with Crippen molar-refractivity contribution in [3.63, 3.8) is 0 Å². The van der Waals surface area contributed by atoms with Crippen LogP contribution in [0, 0.1) is 0 Å². The zero-order valence-corrected chi connectivity index (χ0v) is 10.7. The van der Waals surface area contributed by atoms with Crippen molar-refractivity contribution in [1.29, 1.82) is 0 Å². The number of furan rings is 1. The Bertz CT molecular complexity index is 698. The highest BCUT2D eigenvalue weighted by Gasteiger charge is 2.07. The van der Waals surface area contributed by atoms with Crippen molar-refractivity contribution in [3.05, 3.63) is 54.1 Å². The van der Waals surface area contributed by atoms with Gasteiger partial charge in [-0.3, -0.25) is 0 Å². The van der Waals surface area contributed by atoms with Gasteiger partial charge in [-0.15, -0.1) is 0 Å². The molecule has 1 aromatic heterocycles. The molecule has 0 saturated carbocycles. The number of hydrogen-bond donors (Lipinski definition) is 1. The molecule has 0 spiro atoms. The van der Waals surface area contributed by atoms with Crippen LogP contribution in [0.1, 0.15) is 5.56 Å². The SMILES string of the molecule is COc1ccc2cc(-c3ccc(CN)cc3)oc2c1. The van der Waals surface area contributed by atoms with Gasteiger partial charge >= 0.3 is 0 Å². The lowest BCUT2D eigenvalue weighted by molar-refractivity contribution is 0.414. The number of benzene rings is 2. The van der Waals surface area contributed by atoms with Gasteiger partial charge in [-0.2, -0.15) is 0 Å². The number of methoxy groups -OCH3 is 1. The Morgan fingerprint density at radius 2 is 1.84 bits per heavy atom. The van der Waals surface area contributed by atoms with Crippen LogP contribution in [-0.4, -0.2) is 7.11 Å². The van der Waals surface area contributed by atoms with E-state index in [0.29, 0.717) is 6.54 Å². The van der Waals surface area contributed by atoms with Gasteiger partial charge in [-0.05, 0) is 23.8 Å². The summed E-state index contributed by atoms with van der Waals surface area (Å²) in [7, 11) is 1.65. The summed E-state index contributed by atoms with van der Waals surface area (Å²) in [4.78, 5) is 0. The first-order valence-electron chi connectivity index (χ1n) is 6.17. The minimum Gasteiger partial charge on any atom is -0.497 e. The third-order valence-corrected chi connectivity index (χ3v) is 3.20. The minimum atomic E-state index is 0.553. The first-order chi connectivity index (χ1) is 9.30. The van der Waals surface area contributed by atoms with E-state index >= 15 is 0 Å². The van der Waals surface area contributed by atoms with E-state index in [1.807, 2.05) is 48.5 Å². The summed E-state index contributed by atoms with van der Waals surface area (Å²) in [6.45, 7) is 0.553. The number of nitrogens with two attached hydrogens (primary N) is 1. The molecule has 0 aliphatic rings. The first kappa shape index (κ1) is 11.8. The molecule has 2 aromatic carbocycles. The van der Waals surface area contributed by atoms with Crippen LogP contribution < -0.4 is 10.5 Å². The third-order valence-electron chi connectivity index (χ3n) is 3.20. The van der Waals surface area contributed by atoms with Crippen molar-refractivity contribution in [2.24, 2.45) is 5.73 Å². The largest absolute Gasteiger partial charge is 0.497 e. The maximum absolute atomic E-state index is 5.86. The Hall–Kier alpha value is -2.26. The molecule has 0 aliphatic carbocycles. The number of fused-ring (bicyclic) bond motifs is 1. The Balaban J connectivity index is 2.04. The van der Waals surface area contributed by atoms with Gasteiger partial charge in [0.05, 0.1) is 7.11 Å². The summed E-state index contributed by atoms with van der Waals surface area (Å²) in [5.74, 6) is 1.65. The van der Waals surface area contributed by atoms with E-state index in [4.69, 9.17) is 14.9 Å². The fourth-order valence-electron chi connectivity index (χ4n) is 2.09. The van der Waals surface area contributed by atoms with Gasteiger partial charge in [-0.25, -0.2) is 0 Å². The Morgan fingerprint density at radius 3 is 2.53 bits per heavy atom. The summed E-state index contributed by atoms with van der Waals surface area (Å²) < 4.78 is 11.1. The van der Waals surface area contributed by atoms with Crippen molar-refractivity contribution < 1.29 is 9.15 Å². The molecule has 96 valence electrons. The lowest BCUT2D eigenvalue weighted by Crippen LogP contribution is -1.94. The van der Waals surface area contributed by atoms with Crippen molar-refractivity contribution in [1.82, 2.24) is 0 Å². The van der Waals surface area contributed by atoms with Gasteiger partial charge in [0.15, 0.2) is 0 Å². The van der Waals surface area contributed by atoms with Gasteiger partial charge in [0.1, 0.15) is 17.1 Å². The lowest BCUT2D eigenvalue weighted by atomic mass is 10.1. The fourth-order valence-corrected chi connectivity index (χ4v) is 2.09. The Labute approximate surface area is 111 Å². The molecule has 0 bridgehead atoms. The second kappa shape index (κ2) is 4.78. The highest BCUT2D eigenvalue weighted by molar-refractivity contribution is 5.83. The normalized spacial score (nSPS) is 10.8. The van der Waals surface area contributed by atoms with E-state index < -0.39 is 0 Å². The summed E-state index contributed by atoms with van der Waals surface area (Å²) in [5.41, 5.74) is 8.59. The average Bonchev–Trinajstić information content (AvgIpc) is 2.90. The van der Waals surface area contributed by atoms with Crippen molar-refractivity contribution in [2.45, 2.75) is 6.54 Å². The molecule has 0 fully saturated rings. The van der Waals surface area contributed by atoms with Crippen LogP contribution in [0.25, 0.3) is 22.3 Å². The molecule has 1 heterocycles. The highest BCUT2D eigenvalue weighted by Crippen LogP contribution is 2.30. The van der Waals surface area contributed by atoms with E-state index in [-0.39, 0.29) is 0 Å². The molecular formula is C16H15NO2. The number of hydrogen-bond acceptors (Lipinski definition) is 3. The van der Waals surface area contributed by atoms with Gasteiger partial charge in [0, 0.05) is 23.6 Å². The predicted molar refractivity (Wildman–Crippen MR) is 76.1 cm³/mol. The summed E-state index contributed by atoms with van der Waals surface area (Å²) in [6, 6.07) is 15.9.